The Bertz CT molecular complexity index is 1610. The Hall–Kier alpha value is -3.73. The number of hydrogen-bond donors (Lipinski definition) is 4. The summed E-state index contributed by atoms with van der Waals surface area (Å²) in [6.45, 7) is 3.94. The molecule has 0 spiro atoms. The van der Waals surface area contributed by atoms with Crippen LogP contribution in [0.5, 0.6) is 0 Å². The Morgan fingerprint density at radius 1 is 1.02 bits per heavy atom. The largest absolute Gasteiger partial charge is 0.351 e. The van der Waals surface area contributed by atoms with E-state index in [-0.39, 0.29) is 55.5 Å². The lowest BCUT2D eigenvalue weighted by molar-refractivity contribution is -0.136. The molecule has 0 unspecified atom stereocenters. The highest BCUT2D eigenvalue weighted by molar-refractivity contribution is 7.89. The maximum atomic E-state index is 13.4. The number of carbonyl (C=O) groups excluding carboxylic acids is 4. The van der Waals surface area contributed by atoms with E-state index in [0.717, 1.165) is 5.56 Å². The molecule has 4 amide bonds. The van der Waals surface area contributed by atoms with Crippen molar-refractivity contribution in [3.63, 3.8) is 0 Å². The van der Waals surface area contributed by atoms with Crippen molar-refractivity contribution in [3.8, 4) is 0 Å². The molecular formula is C29H37N7O6S3. The fraction of sp³-hybridized carbons (Fsp3) is 0.448. The van der Waals surface area contributed by atoms with Gasteiger partial charge in [-0.3, -0.25) is 19.2 Å². The van der Waals surface area contributed by atoms with Gasteiger partial charge in [-0.05, 0) is 30.7 Å². The van der Waals surface area contributed by atoms with Crippen LogP contribution in [0.2, 0.25) is 0 Å². The number of rotatable bonds is 7. The first-order valence-electron chi connectivity index (χ1n) is 14.5. The minimum atomic E-state index is -3.74. The second-order valence-corrected chi connectivity index (χ2v) is 14.6. The molecule has 4 rings (SSSR count). The summed E-state index contributed by atoms with van der Waals surface area (Å²) in [5, 5.41) is 18.2. The monoisotopic (exact) mass is 675 g/mol. The molecule has 0 saturated heterocycles. The molecule has 0 radical (unpaired) electrons. The van der Waals surface area contributed by atoms with Crippen molar-refractivity contribution in [2.45, 2.75) is 51.6 Å². The van der Waals surface area contributed by atoms with E-state index in [1.807, 2.05) is 44.2 Å². The van der Waals surface area contributed by atoms with Crippen molar-refractivity contribution in [2.24, 2.45) is 11.1 Å². The molecule has 0 saturated carbocycles. The highest BCUT2D eigenvalue weighted by Crippen LogP contribution is 2.27. The molecule has 2 atom stereocenters. The Morgan fingerprint density at radius 3 is 2.38 bits per heavy atom. The van der Waals surface area contributed by atoms with E-state index in [4.69, 9.17) is 5.14 Å². The minimum absolute atomic E-state index is 0.0106. The Morgan fingerprint density at radius 2 is 1.69 bits per heavy atom. The third kappa shape index (κ3) is 10.1. The molecule has 3 heterocycles. The molecule has 0 aliphatic carbocycles. The molecule has 13 nitrogen and oxygen atoms in total. The standard InChI is InChI=1S/C29H37N7O6S3/c1-18(2)25-29-34-21(16-44-29)26(39)31-11-7-12-36(24(38)10-6-13-45(30,41)42)15-23(37)32-20(14-19-8-4-3-5-9-19)28-33-22(17-43-28)27(40)35-25/h3-5,8-9,16-18,20,25H,6-7,10-15H2,1-2H3,(H,31,39)(H,32,37)(H,35,40)(H2,30,41,42)/t20-,25-/m0/s1. The van der Waals surface area contributed by atoms with E-state index < -0.39 is 45.7 Å². The molecular weight excluding hydrogens is 639 g/mol. The fourth-order valence-corrected chi connectivity index (χ4v) is 7.13. The molecule has 16 heteroatoms. The van der Waals surface area contributed by atoms with E-state index >= 15 is 0 Å². The van der Waals surface area contributed by atoms with Gasteiger partial charge in [0.25, 0.3) is 11.8 Å². The van der Waals surface area contributed by atoms with E-state index in [2.05, 4.69) is 25.9 Å². The smallest absolute Gasteiger partial charge is 0.271 e. The van der Waals surface area contributed by atoms with Gasteiger partial charge in [-0.1, -0.05) is 44.2 Å². The second-order valence-electron chi connectivity index (χ2n) is 11.0. The number of hydrogen-bond acceptors (Lipinski definition) is 10. The summed E-state index contributed by atoms with van der Waals surface area (Å²) in [5.41, 5.74) is 1.34. The quantitative estimate of drug-likeness (QED) is 0.293. The molecule has 242 valence electrons. The van der Waals surface area contributed by atoms with Crippen LogP contribution in [0, 0.1) is 5.92 Å². The van der Waals surface area contributed by atoms with Gasteiger partial charge in [-0.2, -0.15) is 0 Å². The average Bonchev–Trinajstić information content (AvgIpc) is 3.67. The van der Waals surface area contributed by atoms with Crippen molar-refractivity contribution in [1.29, 1.82) is 0 Å². The molecule has 45 heavy (non-hydrogen) atoms. The van der Waals surface area contributed by atoms with Gasteiger partial charge in [0.15, 0.2) is 0 Å². The fourth-order valence-electron chi connectivity index (χ4n) is 4.72. The maximum absolute atomic E-state index is 13.4. The number of thiazole rings is 2. The summed E-state index contributed by atoms with van der Waals surface area (Å²) in [7, 11) is -3.74. The summed E-state index contributed by atoms with van der Waals surface area (Å²) in [6, 6.07) is 8.47. The van der Waals surface area contributed by atoms with Gasteiger partial charge < -0.3 is 20.9 Å². The molecule has 1 aliphatic rings. The third-order valence-corrected chi connectivity index (χ3v) is 9.79. The summed E-state index contributed by atoms with van der Waals surface area (Å²) in [6.07, 6.45) is 0.626. The van der Waals surface area contributed by atoms with E-state index in [9.17, 15) is 27.6 Å². The van der Waals surface area contributed by atoms with Crippen LogP contribution in [-0.4, -0.2) is 72.3 Å². The van der Waals surface area contributed by atoms with E-state index in [1.165, 1.54) is 27.6 Å². The van der Waals surface area contributed by atoms with E-state index in [1.54, 1.807) is 10.8 Å². The molecule has 1 aromatic carbocycles. The van der Waals surface area contributed by atoms with Gasteiger partial charge >= 0.3 is 0 Å². The summed E-state index contributed by atoms with van der Waals surface area (Å²) in [5.74, 6) is -2.06. The molecule has 5 N–H and O–H groups in total. The number of primary sulfonamides is 1. The first-order chi connectivity index (χ1) is 21.4. The molecule has 4 bridgehead atoms. The number of nitrogens with two attached hydrogens (primary N) is 1. The van der Waals surface area contributed by atoms with Crippen molar-refractivity contribution in [3.05, 3.63) is 68.1 Å². The number of carbonyl (C=O) groups is 4. The number of aromatic nitrogens is 2. The van der Waals surface area contributed by atoms with Crippen LogP contribution in [0.3, 0.4) is 0 Å². The van der Waals surface area contributed by atoms with Crippen molar-refractivity contribution >= 4 is 56.3 Å². The second kappa shape index (κ2) is 15.5. The number of fused-ring (bicyclic) bond motifs is 4. The zero-order valence-corrected chi connectivity index (χ0v) is 27.5. The van der Waals surface area contributed by atoms with Crippen molar-refractivity contribution in [2.75, 3.05) is 25.4 Å². The summed E-state index contributed by atoms with van der Waals surface area (Å²) < 4.78 is 22.7. The highest BCUT2D eigenvalue weighted by atomic mass is 32.2. The predicted molar refractivity (Wildman–Crippen MR) is 171 cm³/mol. The van der Waals surface area contributed by atoms with Crippen LogP contribution in [0.1, 0.15) is 81.7 Å². The molecule has 0 fully saturated rings. The maximum Gasteiger partial charge on any atom is 0.271 e. The third-order valence-electron chi connectivity index (χ3n) is 7.04. The van der Waals surface area contributed by atoms with Crippen LogP contribution < -0.4 is 21.1 Å². The number of sulfonamides is 1. The van der Waals surface area contributed by atoms with Gasteiger partial charge in [0.1, 0.15) is 21.4 Å². The predicted octanol–water partition coefficient (Wildman–Crippen LogP) is 2.16. The van der Waals surface area contributed by atoms with Crippen LogP contribution in [0.25, 0.3) is 0 Å². The lowest BCUT2D eigenvalue weighted by atomic mass is 10.0. The number of nitrogens with zero attached hydrogens (tertiary/aromatic N) is 3. The van der Waals surface area contributed by atoms with Crippen LogP contribution in [-0.2, 0) is 26.0 Å². The number of benzene rings is 1. The molecule has 1 aliphatic heterocycles. The van der Waals surface area contributed by atoms with Crippen LogP contribution >= 0.6 is 22.7 Å². The van der Waals surface area contributed by atoms with Crippen molar-refractivity contribution in [1.82, 2.24) is 30.8 Å². The zero-order valence-electron chi connectivity index (χ0n) is 25.0. The lowest BCUT2D eigenvalue weighted by Crippen LogP contribution is -2.43. The first-order valence-corrected chi connectivity index (χ1v) is 18.0. The molecule has 3 aromatic rings. The number of nitrogens with one attached hydrogen (secondary N) is 3. The Balaban J connectivity index is 1.63. The average molecular weight is 676 g/mol. The SMILES string of the molecule is CC(C)[C@@H]1NC(=O)c2csc(n2)[C@H](Cc2ccccc2)NC(=O)CN(C(=O)CCCS(N)(=O)=O)CCCNC(=O)c2csc1n2. The molecule has 2 aromatic heterocycles. The van der Waals surface area contributed by atoms with Crippen molar-refractivity contribution < 1.29 is 27.6 Å². The van der Waals surface area contributed by atoms with Gasteiger partial charge in [0.2, 0.25) is 21.8 Å². The number of amides is 4. The van der Waals surface area contributed by atoms with Gasteiger partial charge in [-0.25, -0.2) is 23.5 Å². The Labute approximate surface area is 270 Å². The van der Waals surface area contributed by atoms with E-state index in [0.29, 0.717) is 22.9 Å². The van der Waals surface area contributed by atoms with Gasteiger partial charge in [-0.15, -0.1) is 22.7 Å². The zero-order chi connectivity index (χ0) is 32.6. The van der Waals surface area contributed by atoms with Gasteiger partial charge in [0, 0.05) is 30.3 Å². The van der Waals surface area contributed by atoms with Crippen LogP contribution in [0.15, 0.2) is 41.1 Å². The Kier molecular flexibility index (Phi) is 11.8. The summed E-state index contributed by atoms with van der Waals surface area (Å²) in [4.78, 5) is 63.0. The van der Waals surface area contributed by atoms with Gasteiger partial charge in [0.05, 0.1) is 24.4 Å². The topological polar surface area (TPSA) is 194 Å². The minimum Gasteiger partial charge on any atom is -0.351 e. The van der Waals surface area contributed by atoms with Crippen LogP contribution in [0.4, 0.5) is 0 Å². The lowest BCUT2D eigenvalue weighted by Gasteiger charge is -2.24. The first kappa shape index (κ1) is 34.1. The normalized spacial score (nSPS) is 18.8. The summed E-state index contributed by atoms with van der Waals surface area (Å²) >= 11 is 2.52. The highest BCUT2D eigenvalue weighted by Gasteiger charge is 2.27.